The number of rotatable bonds is 9. The van der Waals surface area contributed by atoms with Crippen LogP contribution < -0.4 is 9.47 Å². The molecule has 6 heteroatoms. The molecule has 7 aromatic carbocycles. The maximum Gasteiger partial charge on any atom is 0.148 e. The lowest BCUT2D eigenvalue weighted by Crippen LogP contribution is -2.31. The Morgan fingerprint density at radius 2 is 0.868 bits per heavy atom. The first-order valence-corrected chi connectivity index (χ1v) is 18.4. The van der Waals surface area contributed by atoms with Gasteiger partial charge in [-0.05, 0) is 70.8 Å². The second-order valence-corrected chi connectivity index (χ2v) is 14.0. The highest BCUT2D eigenvalue weighted by molar-refractivity contribution is 7.17. The third-order valence-corrected chi connectivity index (χ3v) is 11.2. The summed E-state index contributed by atoms with van der Waals surface area (Å²) in [6, 6.07) is 62.3. The Morgan fingerprint density at radius 3 is 1.34 bits per heavy atom. The van der Waals surface area contributed by atoms with Crippen molar-refractivity contribution in [3.63, 3.8) is 0 Å². The van der Waals surface area contributed by atoms with E-state index >= 15 is 0 Å². The Hall–Kier alpha value is -6.50. The Bertz CT molecular complexity index is 2570. The summed E-state index contributed by atoms with van der Waals surface area (Å²) in [5.74, 6) is 1.64. The summed E-state index contributed by atoms with van der Waals surface area (Å²) in [5.41, 5.74) is 9.48. The standard InChI is InChI=1S/C47H35N3O2S/c1-51-39-26-28-43-41(30-39)42-31-40(52-2)27-29-44(42)50(43)38-24-22-37(23-25-38)47(34-14-8-4-9-15-34,35-16-10-5-11-17-35)36-20-18-33(19-21-36)46-49-48-45(53-46)32-12-6-3-7-13-32/h3-31H,1-2H3. The number of fused-ring (bicyclic) bond motifs is 3. The maximum absolute atomic E-state index is 5.63. The predicted octanol–water partition coefficient (Wildman–Crippen LogP) is 11.4. The summed E-state index contributed by atoms with van der Waals surface area (Å²) in [6.07, 6.45) is 0. The van der Waals surface area contributed by atoms with Crippen LogP contribution in [0.4, 0.5) is 0 Å². The molecule has 5 nitrogen and oxygen atoms in total. The number of ether oxygens (including phenoxy) is 2. The maximum atomic E-state index is 5.63. The summed E-state index contributed by atoms with van der Waals surface area (Å²) >= 11 is 1.61. The van der Waals surface area contributed by atoms with E-state index in [1.807, 2.05) is 30.3 Å². The predicted molar refractivity (Wildman–Crippen MR) is 217 cm³/mol. The Labute approximate surface area is 312 Å². The molecule has 0 spiro atoms. The number of hydrogen-bond acceptors (Lipinski definition) is 5. The Morgan fingerprint density at radius 1 is 0.453 bits per heavy atom. The molecule has 0 fully saturated rings. The zero-order valence-electron chi connectivity index (χ0n) is 29.3. The molecule has 0 aliphatic rings. The summed E-state index contributed by atoms with van der Waals surface area (Å²) in [5, 5.41) is 13.1. The summed E-state index contributed by atoms with van der Waals surface area (Å²) < 4.78 is 13.6. The van der Waals surface area contributed by atoms with Crippen molar-refractivity contribution in [1.29, 1.82) is 0 Å². The third kappa shape index (κ3) is 5.55. The molecular weight excluding hydrogens is 671 g/mol. The van der Waals surface area contributed by atoms with Gasteiger partial charge < -0.3 is 14.0 Å². The molecular formula is C47H35N3O2S. The fourth-order valence-corrected chi connectivity index (χ4v) is 8.50. The van der Waals surface area contributed by atoms with E-state index < -0.39 is 5.41 Å². The zero-order valence-corrected chi connectivity index (χ0v) is 30.1. The average molecular weight is 706 g/mol. The van der Waals surface area contributed by atoms with Crippen molar-refractivity contribution in [3.8, 4) is 38.3 Å². The van der Waals surface area contributed by atoms with E-state index in [2.05, 4.69) is 160 Å². The van der Waals surface area contributed by atoms with E-state index in [-0.39, 0.29) is 0 Å². The van der Waals surface area contributed by atoms with Crippen LogP contribution in [-0.4, -0.2) is 29.0 Å². The van der Waals surface area contributed by atoms with Gasteiger partial charge in [0, 0.05) is 27.6 Å². The first-order valence-electron chi connectivity index (χ1n) is 17.6. The van der Waals surface area contributed by atoms with Crippen LogP contribution in [0.5, 0.6) is 11.5 Å². The zero-order chi connectivity index (χ0) is 35.8. The molecule has 0 saturated heterocycles. The highest BCUT2D eigenvalue weighted by Crippen LogP contribution is 2.46. The first-order chi connectivity index (χ1) is 26.2. The monoisotopic (exact) mass is 705 g/mol. The van der Waals surface area contributed by atoms with Gasteiger partial charge in [-0.25, -0.2) is 0 Å². The van der Waals surface area contributed by atoms with Crippen LogP contribution in [0.3, 0.4) is 0 Å². The SMILES string of the molecule is COc1ccc2c(c1)c1cc(OC)ccc1n2-c1ccc(C(c2ccccc2)(c2ccccc2)c2ccc(-c3nnc(-c4ccccc4)s3)cc2)cc1. The third-order valence-electron chi connectivity index (χ3n) is 10.2. The second kappa shape index (κ2) is 13.6. The van der Waals surface area contributed by atoms with Gasteiger partial charge >= 0.3 is 0 Å². The highest BCUT2D eigenvalue weighted by atomic mass is 32.1. The van der Waals surface area contributed by atoms with Gasteiger partial charge in [0.25, 0.3) is 0 Å². The molecule has 0 saturated carbocycles. The number of hydrogen-bond donors (Lipinski definition) is 0. The minimum atomic E-state index is -0.600. The van der Waals surface area contributed by atoms with Crippen LogP contribution in [0.15, 0.2) is 176 Å². The van der Waals surface area contributed by atoms with Crippen LogP contribution in [0.1, 0.15) is 22.3 Å². The number of methoxy groups -OCH3 is 2. The van der Waals surface area contributed by atoms with E-state index in [1.54, 1.807) is 25.6 Å². The van der Waals surface area contributed by atoms with Crippen molar-refractivity contribution in [3.05, 3.63) is 198 Å². The molecule has 0 aliphatic heterocycles. The van der Waals surface area contributed by atoms with Gasteiger partial charge in [0.2, 0.25) is 0 Å². The molecule has 0 radical (unpaired) electrons. The topological polar surface area (TPSA) is 49.2 Å². The van der Waals surface area contributed by atoms with E-state index in [0.717, 1.165) is 71.3 Å². The fourth-order valence-electron chi connectivity index (χ4n) is 7.65. The van der Waals surface area contributed by atoms with Crippen LogP contribution in [0.2, 0.25) is 0 Å². The van der Waals surface area contributed by atoms with E-state index in [1.165, 1.54) is 11.1 Å². The average Bonchev–Trinajstić information content (AvgIpc) is 3.86. The van der Waals surface area contributed by atoms with Crippen molar-refractivity contribution >= 4 is 33.1 Å². The van der Waals surface area contributed by atoms with Crippen LogP contribution in [-0.2, 0) is 5.41 Å². The van der Waals surface area contributed by atoms with E-state index in [0.29, 0.717) is 0 Å². The molecule has 2 heterocycles. The molecule has 0 amide bonds. The summed E-state index contributed by atoms with van der Waals surface area (Å²) in [7, 11) is 3.41. The van der Waals surface area contributed by atoms with Gasteiger partial charge in [0.15, 0.2) is 0 Å². The highest BCUT2D eigenvalue weighted by Gasteiger charge is 2.38. The van der Waals surface area contributed by atoms with Crippen molar-refractivity contribution in [2.24, 2.45) is 0 Å². The smallest absolute Gasteiger partial charge is 0.148 e. The molecule has 256 valence electrons. The molecule has 2 aromatic heterocycles. The Kier molecular flexibility index (Phi) is 8.30. The van der Waals surface area contributed by atoms with Crippen LogP contribution in [0, 0.1) is 0 Å². The van der Waals surface area contributed by atoms with Crippen molar-refractivity contribution in [2.45, 2.75) is 5.41 Å². The number of aromatic nitrogens is 3. The van der Waals surface area contributed by atoms with Crippen molar-refractivity contribution in [1.82, 2.24) is 14.8 Å². The first kappa shape index (κ1) is 32.4. The minimum absolute atomic E-state index is 0.600. The molecule has 0 N–H and O–H groups in total. The normalized spacial score (nSPS) is 11.6. The number of nitrogens with zero attached hydrogens (tertiary/aromatic N) is 3. The van der Waals surface area contributed by atoms with Crippen molar-refractivity contribution in [2.75, 3.05) is 14.2 Å². The lowest BCUT2D eigenvalue weighted by molar-refractivity contribution is 0.415. The molecule has 9 aromatic rings. The molecule has 0 unspecified atom stereocenters. The lowest BCUT2D eigenvalue weighted by Gasteiger charge is -2.37. The van der Waals surface area contributed by atoms with Gasteiger partial charge in [0.05, 0.1) is 30.7 Å². The van der Waals surface area contributed by atoms with E-state index in [9.17, 15) is 0 Å². The summed E-state index contributed by atoms with van der Waals surface area (Å²) in [6.45, 7) is 0. The van der Waals surface area contributed by atoms with Gasteiger partial charge in [-0.15, -0.1) is 10.2 Å². The minimum Gasteiger partial charge on any atom is -0.497 e. The molecule has 0 bridgehead atoms. The van der Waals surface area contributed by atoms with E-state index in [4.69, 9.17) is 9.47 Å². The van der Waals surface area contributed by atoms with Crippen LogP contribution in [0.25, 0.3) is 48.6 Å². The van der Waals surface area contributed by atoms with Crippen molar-refractivity contribution < 1.29 is 9.47 Å². The lowest BCUT2D eigenvalue weighted by atomic mass is 9.65. The molecule has 53 heavy (non-hydrogen) atoms. The molecule has 0 aliphatic carbocycles. The largest absolute Gasteiger partial charge is 0.497 e. The fraction of sp³-hybridized carbons (Fsp3) is 0.0638. The van der Waals surface area contributed by atoms with Gasteiger partial charge in [0.1, 0.15) is 21.5 Å². The second-order valence-electron chi connectivity index (χ2n) is 13.0. The van der Waals surface area contributed by atoms with Crippen LogP contribution >= 0.6 is 11.3 Å². The Balaban J connectivity index is 1.20. The quantitative estimate of drug-likeness (QED) is 0.140. The van der Waals surface area contributed by atoms with Gasteiger partial charge in [-0.2, -0.15) is 0 Å². The van der Waals surface area contributed by atoms with Gasteiger partial charge in [-0.3, -0.25) is 0 Å². The van der Waals surface area contributed by atoms with Gasteiger partial charge in [-0.1, -0.05) is 139 Å². The number of benzene rings is 7. The molecule has 9 rings (SSSR count). The summed E-state index contributed by atoms with van der Waals surface area (Å²) in [4.78, 5) is 0. The molecule has 0 atom stereocenters.